The van der Waals surface area contributed by atoms with Gasteiger partial charge in [0.2, 0.25) is 0 Å². The molecule has 1 aliphatic rings. The summed E-state index contributed by atoms with van der Waals surface area (Å²) in [6.45, 7) is 0. The van der Waals surface area contributed by atoms with Crippen molar-refractivity contribution < 1.29 is 0 Å². The summed E-state index contributed by atoms with van der Waals surface area (Å²) in [7, 11) is 0. The minimum Gasteiger partial charge on any atom is -0.120 e. The van der Waals surface area contributed by atoms with Crippen LogP contribution < -0.4 is 0 Å². The largest absolute Gasteiger partial charge is 0.120 e. The predicted molar refractivity (Wildman–Crippen MR) is 49.1 cm³/mol. The number of unbranched alkanes of at least 4 members (excludes halogenated alkanes) is 1. The van der Waals surface area contributed by atoms with Crippen LogP contribution in [0.15, 0.2) is 23.8 Å². The molecule has 0 aromatic heterocycles. The Morgan fingerprint density at radius 3 is 3.00 bits per heavy atom. The SMILES string of the molecule is C#CCCCC1=CCCC=C1. The van der Waals surface area contributed by atoms with E-state index in [1.165, 1.54) is 18.4 Å². The minimum atomic E-state index is 0.908. The number of hydrogen-bond donors (Lipinski definition) is 0. The van der Waals surface area contributed by atoms with Crippen LogP contribution in [0, 0.1) is 12.3 Å². The van der Waals surface area contributed by atoms with E-state index in [0.717, 1.165) is 19.3 Å². The van der Waals surface area contributed by atoms with Crippen LogP contribution in [0.5, 0.6) is 0 Å². The second-order valence-electron chi connectivity index (χ2n) is 2.82. The maximum Gasteiger partial charge on any atom is 0.00892 e. The molecular weight excluding hydrogens is 132 g/mol. The van der Waals surface area contributed by atoms with Gasteiger partial charge in [0.15, 0.2) is 0 Å². The molecule has 0 nitrogen and oxygen atoms in total. The number of hydrogen-bond acceptors (Lipinski definition) is 0. The van der Waals surface area contributed by atoms with Crippen LogP contribution in [0.25, 0.3) is 0 Å². The van der Waals surface area contributed by atoms with Gasteiger partial charge in [0.05, 0.1) is 0 Å². The third kappa shape index (κ3) is 3.09. The Bertz CT molecular complexity index is 201. The van der Waals surface area contributed by atoms with E-state index in [9.17, 15) is 0 Å². The van der Waals surface area contributed by atoms with Crippen LogP contribution in [0.1, 0.15) is 32.1 Å². The molecule has 0 bridgehead atoms. The van der Waals surface area contributed by atoms with Crippen molar-refractivity contribution in [3.8, 4) is 12.3 Å². The first kappa shape index (κ1) is 8.14. The average Bonchev–Trinajstić information content (AvgIpc) is 2.07. The lowest BCUT2D eigenvalue weighted by Crippen LogP contribution is -1.84. The molecule has 0 radical (unpaired) electrons. The molecule has 0 fully saturated rings. The van der Waals surface area contributed by atoms with E-state index in [2.05, 4.69) is 24.1 Å². The lowest BCUT2D eigenvalue weighted by Gasteiger charge is -2.04. The average molecular weight is 146 g/mol. The van der Waals surface area contributed by atoms with Gasteiger partial charge in [-0.05, 0) is 25.7 Å². The Hall–Kier alpha value is -0.960. The van der Waals surface area contributed by atoms with Crippen molar-refractivity contribution >= 4 is 0 Å². The van der Waals surface area contributed by atoms with E-state index in [0.29, 0.717) is 0 Å². The summed E-state index contributed by atoms with van der Waals surface area (Å²) in [5.74, 6) is 2.66. The van der Waals surface area contributed by atoms with Crippen molar-refractivity contribution in [1.29, 1.82) is 0 Å². The molecular formula is C11H14. The fourth-order valence-electron chi connectivity index (χ4n) is 1.25. The summed E-state index contributed by atoms with van der Waals surface area (Å²) in [5, 5.41) is 0. The number of allylic oxidation sites excluding steroid dienone is 4. The summed E-state index contributed by atoms with van der Waals surface area (Å²) >= 11 is 0. The Morgan fingerprint density at radius 1 is 1.45 bits per heavy atom. The highest BCUT2D eigenvalue weighted by Gasteiger charge is 1.95. The van der Waals surface area contributed by atoms with Gasteiger partial charge in [0.1, 0.15) is 0 Å². The van der Waals surface area contributed by atoms with E-state index in [1.54, 1.807) is 0 Å². The first-order chi connectivity index (χ1) is 5.43. The van der Waals surface area contributed by atoms with Gasteiger partial charge in [-0.25, -0.2) is 0 Å². The summed E-state index contributed by atoms with van der Waals surface area (Å²) in [6, 6.07) is 0. The lowest BCUT2D eigenvalue weighted by molar-refractivity contribution is 0.845. The first-order valence-electron chi connectivity index (χ1n) is 4.22. The van der Waals surface area contributed by atoms with Gasteiger partial charge < -0.3 is 0 Å². The van der Waals surface area contributed by atoms with Crippen LogP contribution in [0.4, 0.5) is 0 Å². The van der Waals surface area contributed by atoms with Crippen molar-refractivity contribution in [2.45, 2.75) is 32.1 Å². The molecule has 0 amide bonds. The molecule has 0 atom stereocenters. The highest BCUT2D eigenvalue weighted by molar-refractivity contribution is 5.21. The third-order valence-corrected chi connectivity index (χ3v) is 1.86. The molecule has 1 aliphatic carbocycles. The number of terminal acetylenes is 1. The van der Waals surface area contributed by atoms with E-state index >= 15 is 0 Å². The topological polar surface area (TPSA) is 0 Å². The van der Waals surface area contributed by atoms with Gasteiger partial charge in [0, 0.05) is 6.42 Å². The van der Waals surface area contributed by atoms with Gasteiger partial charge in [-0.1, -0.05) is 23.8 Å². The molecule has 0 unspecified atom stereocenters. The van der Waals surface area contributed by atoms with Crippen LogP contribution in [0.3, 0.4) is 0 Å². The molecule has 11 heavy (non-hydrogen) atoms. The Morgan fingerprint density at radius 2 is 2.36 bits per heavy atom. The standard InChI is InChI=1S/C11H14/c1-2-3-5-8-11-9-6-4-7-10-11/h1,6,9-10H,3-5,7-8H2. The molecule has 0 heteroatoms. The van der Waals surface area contributed by atoms with E-state index in [4.69, 9.17) is 6.42 Å². The fourth-order valence-corrected chi connectivity index (χ4v) is 1.25. The van der Waals surface area contributed by atoms with Crippen molar-refractivity contribution in [2.75, 3.05) is 0 Å². The number of rotatable bonds is 3. The molecule has 0 saturated carbocycles. The zero-order chi connectivity index (χ0) is 7.94. The monoisotopic (exact) mass is 146 g/mol. The van der Waals surface area contributed by atoms with Gasteiger partial charge in [-0.2, -0.15) is 0 Å². The molecule has 1 rings (SSSR count). The molecule has 0 N–H and O–H groups in total. The molecule has 0 spiro atoms. The van der Waals surface area contributed by atoms with E-state index in [1.807, 2.05) is 0 Å². The molecule has 58 valence electrons. The van der Waals surface area contributed by atoms with Gasteiger partial charge >= 0.3 is 0 Å². The summed E-state index contributed by atoms with van der Waals surface area (Å²) in [6.07, 6.45) is 17.5. The van der Waals surface area contributed by atoms with Gasteiger partial charge in [-0.3, -0.25) is 0 Å². The van der Waals surface area contributed by atoms with E-state index in [-0.39, 0.29) is 0 Å². The quantitative estimate of drug-likeness (QED) is 0.424. The zero-order valence-corrected chi connectivity index (χ0v) is 6.84. The second kappa shape index (κ2) is 4.79. The molecule has 0 heterocycles. The lowest BCUT2D eigenvalue weighted by atomic mass is 10.0. The molecule has 0 aromatic rings. The highest BCUT2D eigenvalue weighted by Crippen LogP contribution is 2.15. The van der Waals surface area contributed by atoms with Gasteiger partial charge in [-0.15, -0.1) is 12.3 Å². The van der Waals surface area contributed by atoms with Crippen molar-refractivity contribution in [1.82, 2.24) is 0 Å². The fraction of sp³-hybridized carbons (Fsp3) is 0.455. The second-order valence-corrected chi connectivity index (χ2v) is 2.82. The molecule has 0 aromatic carbocycles. The van der Waals surface area contributed by atoms with Crippen molar-refractivity contribution in [3.05, 3.63) is 23.8 Å². The normalized spacial score (nSPS) is 15.7. The van der Waals surface area contributed by atoms with Crippen molar-refractivity contribution in [3.63, 3.8) is 0 Å². The van der Waals surface area contributed by atoms with Crippen LogP contribution >= 0.6 is 0 Å². The third-order valence-electron chi connectivity index (χ3n) is 1.86. The Balaban J connectivity index is 2.21. The smallest absolute Gasteiger partial charge is 0.00892 e. The van der Waals surface area contributed by atoms with Gasteiger partial charge in [0.25, 0.3) is 0 Å². The maximum atomic E-state index is 5.16. The van der Waals surface area contributed by atoms with Crippen LogP contribution in [-0.2, 0) is 0 Å². The zero-order valence-electron chi connectivity index (χ0n) is 6.84. The van der Waals surface area contributed by atoms with Crippen LogP contribution in [-0.4, -0.2) is 0 Å². The summed E-state index contributed by atoms with van der Waals surface area (Å²) in [5.41, 5.74) is 1.46. The minimum absolute atomic E-state index is 0.908. The first-order valence-corrected chi connectivity index (χ1v) is 4.22. The summed E-state index contributed by atoms with van der Waals surface area (Å²) < 4.78 is 0. The summed E-state index contributed by atoms with van der Waals surface area (Å²) in [4.78, 5) is 0. The van der Waals surface area contributed by atoms with Crippen LogP contribution in [0.2, 0.25) is 0 Å². The molecule has 0 aliphatic heterocycles. The molecule has 0 saturated heterocycles. The Kier molecular flexibility index (Phi) is 3.55. The predicted octanol–water partition coefficient (Wildman–Crippen LogP) is 3.07. The maximum absolute atomic E-state index is 5.16. The Labute approximate surface area is 69.0 Å². The van der Waals surface area contributed by atoms with Crippen molar-refractivity contribution in [2.24, 2.45) is 0 Å². The van der Waals surface area contributed by atoms with E-state index < -0.39 is 0 Å². The highest BCUT2D eigenvalue weighted by atomic mass is 14.0.